The van der Waals surface area contributed by atoms with E-state index in [1.165, 1.54) is 42.8 Å². The maximum atomic E-state index is 7.82. The molecule has 0 saturated carbocycles. The first-order valence-corrected chi connectivity index (χ1v) is 20.0. The number of thiophene rings is 1. The van der Waals surface area contributed by atoms with Gasteiger partial charge in [0, 0.05) is 31.3 Å². The quantitative estimate of drug-likeness (QED) is 0.119. The van der Waals surface area contributed by atoms with Crippen molar-refractivity contribution in [1.29, 1.82) is 5.41 Å². The van der Waals surface area contributed by atoms with E-state index in [1.54, 1.807) is 11.3 Å². The van der Waals surface area contributed by atoms with Gasteiger partial charge in [-0.05, 0) is 108 Å². The molecule has 0 radical (unpaired) electrons. The molecule has 2 heterocycles. The standard InChI is InChI=1S/C31H22N2O.C15H15NS.C7H8/c32-31(33)25-12-5-11-24(18-25)26-13-6-14-29-30(26)27-19-23(15-16-28(27)34-29)22-10-4-9-21(17-22)20-7-2-1-3-8-20;1-4-6-12-13-9-11(10-16-3)7-8-15(13)17-14(12)5-2;1-7-5-3-2-4-6-7/h1-19H,(H3,32,33);4-9H,2-3,10H2,1H3;2-6H,1H3/b;6-4-;. The molecule has 284 valence electrons. The maximum absolute atomic E-state index is 7.82. The van der Waals surface area contributed by atoms with Crippen LogP contribution in [0.1, 0.15) is 34.1 Å². The first kappa shape index (κ1) is 39.2. The average Bonchev–Trinajstić information content (AvgIpc) is 3.82. The fourth-order valence-electron chi connectivity index (χ4n) is 7.04. The fraction of sp³-hybridized carbons (Fsp3) is 0.0566. The molecule has 0 aliphatic carbocycles. The van der Waals surface area contributed by atoms with Crippen LogP contribution in [0.3, 0.4) is 0 Å². The van der Waals surface area contributed by atoms with Gasteiger partial charge < -0.3 is 10.2 Å². The molecule has 5 heteroatoms. The summed E-state index contributed by atoms with van der Waals surface area (Å²) in [5.74, 6) is 0.0617. The molecule has 0 aliphatic heterocycles. The summed E-state index contributed by atoms with van der Waals surface area (Å²) in [6, 6.07) is 56.1. The molecule has 0 saturated heterocycles. The van der Waals surface area contributed by atoms with Crippen molar-refractivity contribution in [2.45, 2.75) is 20.4 Å². The van der Waals surface area contributed by atoms with Crippen molar-refractivity contribution in [3.63, 3.8) is 0 Å². The smallest absolute Gasteiger partial charge is 0.136 e. The van der Waals surface area contributed by atoms with E-state index in [-0.39, 0.29) is 5.84 Å². The lowest BCUT2D eigenvalue weighted by molar-refractivity contribution is 0.669. The molecule has 2 aromatic heterocycles. The van der Waals surface area contributed by atoms with E-state index in [2.05, 4.69) is 140 Å². The van der Waals surface area contributed by atoms with Gasteiger partial charge in [0.1, 0.15) is 17.0 Å². The predicted octanol–water partition coefficient (Wildman–Crippen LogP) is 14.6. The summed E-state index contributed by atoms with van der Waals surface area (Å²) in [6.07, 6.45) is 6.12. The summed E-state index contributed by atoms with van der Waals surface area (Å²) in [5.41, 5.74) is 18.7. The Labute approximate surface area is 344 Å². The van der Waals surface area contributed by atoms with E-state index in [0.29, 0.717) is 12.1 Å². The number of hydrogen-bond donors (Lipinski definition) is 2. The second kappa shape index (κ2) is 18.2. The lowest BCUT2D eigenvalue weighted by Crippen LogP contribution is -2.10. The van der Waals surface area contributed by atoms with Crippen LogP contribution in [-0.2, 0) is 6.54 Å². The number of nitrogens with one attached hydrogen (secondary N) is 1. The van der Waals surface area contributed by atoms with Crippen LogP contribution in [0.15, 0.2) is 186 Å². The van der Waals surface area contributed by atoms with Crippen LogP contribution in [0.4, 0.5) is 0 Å². The van der Waals surface area contributed by atoms with Crippen molar-refractivity contribution in [1.82, 2.24) is 0 Å². The number of hydrogen-bond acceptors (Lipinski definition) is 4. The largest absolute Gasteiger partial charge is 0.456 e. The molecule has 0 spiro atoms. The van der Waals surface area contributed by atoms with E-state index in [4.69, 9.17) is 15.6 Å². The van der Waals surface area contributed by atoms with Crippen LogP contribution in [0, 0.1) is 12.3 Å². The van der Waals surface area contributed by atoms with Crippen molar-refractivity contribution < 1.29 is 4.42 Å². The highest BCUT2D eigenvalue weighted by atomic mass is 32.1. The van der Waals surface area contributed by atoms with Gasteiger partial charge in [-0.25, -0.2) is 0 Å². The lowest BCUT2D eigenvalue weighted by Gasteiger charge is -2.08. The number of furan rings is 1. The van der Waals surface area contributed by atoms with Gasteiger partial charge in [0.05, 0.1) is 6.54 Å². The van der Waals surface area contributed by atoms with Crippen molar-refractivity contribution in [3.8, 4) is 33.4 Å². The third-order valence-corrected chi connectivity index (χ3v) is 11.0. The number of amidine groups is 1. The molecule has 0 bridgehead atoms. The minimum absolute atomic E-state index is 0.0617. The fourth-order valence-corrected chi connectivity index (χ4v) is 8.07. The Morgan fingerprint density at radius 3 is 2.05 bits per heavy atom. The molecule has 0 unspecified atom stereocenters. The van der Waals surface area contributed by atoms with Crippen LogP contribution >= 0.6 is 11.3 Å². The summed E-state index contributed by atoms with van der Waals surface area (Å²) in [5, 5.41) is 11.2. The third-order valence-electron chi connectivity index (χ3n) is 9.86. The normalized spacial score (nSPS) is 10.9. The van der Waals surface area contributed by atoms with Gasteiger partial charge in [0.15, 0.2) is 0 Å². The number of nitrogens with two attached hydrogens (primary N) is 1. The van der Waals surface area contributed by atoms with Crippen LogP contribution in [0.25, 0.3) is 77.6 Å². The van der Waals surface area contributed by atoms with Crippen molar-refractivity contribution in [2.24, 2.45) is 10.7 Å². The Bertz CT molecular complexity index is 2900. The number of aryl methyl sites for hydroxylation is 1. The molecule has 0 atom stereocenters. The van der Waals surface area contributed by atoms with E-state index in [9.17, 15) is 0 Å². The van der Waals surface area contributed by atoms with Gasteiger partial charge in [0.25, 0.3) is 0 Å². The third kappa shape index (κ3) is 8.81. The Morgan fingerprint density at radius 1 is 0.690 bits per heavy atom. The van der Waals surface area contributed by atoms with Crippen LogP contribution in [-0.4, -0.2) is 12.6 Å². The Morgan fingerprint density at radius 2 is 1.36 bits per heavy atom. The summed E-state index contributed by atoms with van der Waals surface area (Å²) in [4.78, 5) is 5.15. The summed E-state index contributed by atoms with van der Waals surface area (Å²) in [6.45, 7) is 12.2. The summed E-state index contributed by atoms with van der Waals surface area (Å²) in [7, 11) is 0. The zero-order valence-corrected chi connectivity index (χ0v) is 33.6. The second-order valence-electron chi connectivity index (χ2n) is 13.9. The highest BCUT2D eigenvalue weighted by molar-refractivity contribution is 7.20. The summed E-state index contributed by atoms with van der Waals surface area (Å²) >= 11 is 1.78. The Kier molecular flexibility index (Phi) is 12.3. The first-order valence-electron chi connectivity index (χ1n) is 19.2. The molecule has 9 rings (SSSR count). The Balaban J connectivity index is 0.000000176. The lowest BCUT2D eigenvalue weighted by atomic mass is 9.95. The highest BCUT2D eigenvalue weighted by Gasteiger charge is 2.15. The van der Waals surface area contributed by atoms with Gasteiger partial charge in [-0.15, -0.1) is 11.3 Å². The number of allylic oxidation sites excluding steroid dienone is 1. The van der Waals surface area contributed by atoms with E-state index in [1.807, 2.05) is 73.7 Å². The highest BCUT2D eigenvalue weighted by Crippen LogP contribution is 2.39. The molecule has 9 aromatic rings. The molecule has 0 amide bonds. The van der Waals surface area contributed by atoms with Crippen LogP contribution < -0.4 is 5.73 Å². The number of nitrogens with zero attached hydrogens (tertiary/aromatic N) is 1. The SMILES string of the molecule is C=Cc1sc2ccc(CN=C)cc2c1/C=C\C.Cc1ccccc1.N=C(N)c1cccc(-c2cccc3oc4ccc(-c5cccc(-c6ccccc6)c5)cc4c23)c1. The van der Waals surface area contributed by atoms with Gasteiger partial charge in [-0.3, -0.25) is 10.4 Å². The molecular weight excluding hydrogens is 727 g/mol. The van der Waals surface area contributed by atoms with E-state index < -0.39 is 0 Å². The van der Waals surface area contributed by atoms with Gasteiger partial charge in [-0.2, -0.15) is 0 Å². The predicted molar refractivity (Wildman–Crippen MR) is 252 cm³/mol. The van der Waals surface area contributed by atoms with E-state index in [0.717, 1.165) is 44.2 Å². The number of rotatable bonds is 8. The minimum Gasteiger partial charge on any atom is -0.456 e. The van der Waals surface area contributed by atoms with Crippen molar-refractivity contribution >= 4 is 68.1 Å². The van der Waals surface area contributed by atoms with E-state index >= 15 is 0 Å². The van der Waals surface area contributed by atoms with Crippen LogP contribution in [0.2, 0.25) is 0 Å². The maximum Gasteiger partial charge on any atom is 0.136 e. The molecule has 7 aromatic carbocycles. The molecule has 0 fully saturated rings. The Hall–Kier alpha value is -7.08. The zero-order chi connectivity index (χ0) is 40.4. The van der Waals surface area contributed by atoms with Crippen LogP contribution in [0.5, 0.6) is 0 Å². The minimum atomic E-state index is 0.0617. The number of benzene rings is 7. The first-order chi connectivity index (χ1) is 28.4. The monoisotopic (exact) mass is 771 g/mol. The molecule has 3 N–H and O–H groups in total. The number of aliphatic imine (C=N–C) groups is 1. The van der Waals surface area contributed by atoms with Gasteiger partial charge in [-0.1, -0.05) is 152 Å². The molecule has 0 aliphatic rings. The van der Waals surface area contributed by atoms with Gasteiger partial charge in [0.2, 0.25) is 0 Å². The molecule has 4 nitrogen and oxygen atoms in total. The second-order valence-corrected chi connectivity index (χ2v) is 15.0. The zero-order valence-electron chi connectivity index (χ0n) is 32.8. The van der Waals surface area contributed by atoms with Gasteiger partial charge >= 0.3 is 0 Å². The molecule has 58 heavy (non-hydrogen) atoms. The topological polar surface area (TPSA) is 75.4 Å². The molecular formula is C53H45N3OS. The van der Waals surface area contributed by atoms with Crippen molar-refractivity contribution in [2.75, 3.05) is 0 Å². The average molecular weight is 772 g/mol. The number of fused-ring (bicyclic) bond motifs is 4. The summed E-state index contributed by atoms with van der Waals surface area (Å²) < 4.78 is 7.50. The van der Waals surface area contributed by atoms with Crippen molar-refractivity contribution in [3.05, 3.63) is 204 Å². The number of nitrogen functional groups attached to an aromatic ring is 1.